The van der Waals surface area contributed by atoms with Crippen molar-refractivity contribution in [3.8, 4) is 0 Å². The Kier molecular flexibility index (Phi) is 13.7. The lowest BCUT2D eigenvalue weighted by Crippen LogP contribution is -2.28. The van der Waals surface area contributed by atoms with Crippen LogP contribution in [0.25, 0.3) is 0 Å². The highest BCUT2D eigenvalue weighted by Gasteiger charge is 2.17. The lowest BCUT2D eigenvalue weighted by Gasteiger charge is -2.27. The van der Waals surface area contributed by atoms with Crippen LogP contribution in [0, 0.1) is 11.6 Å². The molecule has 210 valence electrons. The topological polar surface area (TPSA) is 73.0 Å². The predicted octanol–water partition coefficient (Wildman–Crippen LogP) is 7.37. The molecule has 1 heterocycles. The van der Waals surface area contributed by atoms with E-state index in [1.165, 1.54) is 36.8 Å². The number of hydrogen-bond donors (Lipinski definition) is 3. The molecule has 3 aromatic rings. The Bertz CT molecular complexity index is 1170. The fourth-order valence-electron chi connectivity index (χ4n) is 4.66. The van der Waals surface area contributed by atoms with Crippen molar-refractivity contribution in [2.75, 3.05) is 29.9 Å². The first kappa shape index (κ1) is 30.5. The first-order valence-electron chi connectivity index (χ1n) is 14.5. The van der Waals surface area contributed by atoms with Gasteiger partial charge in [-0.2, -0.15) is 0 Å². The van der Waals surface area contributed by atoms with Crippen molar-refractivity contribution in [3.63, 3.8) is 0 Å². The van der Waals surface area contributed by atoms with Gasteiger partial charge in [-0.15, -0.1) is 0 Å². The van der Waals surface area contributed by atoms with Gasteiger partial charge in [-0.3, -0.25) is 4.79 Å². The van der Waals surface area contributed by atoms with Gasteiger partial charge >= 0.3 is 0 Å². The van der Waals surface area contributed by atoms with Crippen LogP contribution in [0.15, 0.2) is 60.7 Å². The first-order valence-corrected chi connectivity index (χ1v) is 14.9. The van der Waals surface area contributed by atoms with E-state index in [2.05, 4.69) is 81.0 Å². The van der Waals surface area contributed by atoms with Gasteiger partial charge in [-0.25, -0.2) is 4.98 Å². The van der Waals surface area contributed by atoms with E-state index in [1.54, 1.807) is 0 Å². The van der Waals surface area contributed by atoms with Crippen LogP contribution in [0.3, 0.4) is 0 Å². The SMILES string of the molecule is CCCCCCCN(Cc1ccccc1)c1[nH]c(C)nc(=S)c1NC(=O)CCCNCCCc1ccccc1. The van der Waals surface area contributed by atoms with Gasteiger partial charge in [0.05, 0.1) is 0 Å². The van der Waals surface area contributed by atoms with Gasteiger partial charge in [-0.05, 0) is 56.8 Å². The molecule has 0 saturated carbocycles. The van der Waals surface area contributed by atoms with Crippen LogP contribution in [0.2, 0.25) is 0 Å². The standard InChI is InChI=1S/C32H45N5OS/c1-3-4-5-6-13-24-37(25-28-18-11-8-12-19-28)31-30(32(39)35-26(2)34-31)36-29(38)21-15-23-33-22-14-20-27-16-9-7-10-17-27/h7-12,16-19,33H,3-6,13-15,20-25H2,1-2H3,(H,36,38)(H,34,35,39). The largest absolute Gasteiger partial charge is 0.352 e. The average Bonchev–Trinajstić information content (AvgIpc) is 2.94. The van der Waals surface area contributed by atoms with Crippen molar-refractivity contribution in [2.24, 2.45) is 0 Å². The Balaban J connectivity index is 1.57. The number of nitrogens with one attached hydrogen (secondary N) is 3. The maximum atomic E-state index is 12.9. The van der Waals surface area contributed by atoms with Crippen LogP contribution in [-0.2, 0) is 17.8 Å². The van der Waals surface area contributed by atoms with Gasteiger partial charge in [0.1, 0.15) is 17.3 Å². The summed E-state index contributed by atoms with van der Waals surface area (Å²) >= 11 is 5.64. The number of H-pyrrole nitrogens is 1. The molecule has 0 fully saturated rings. The molecule has 39 heavy (non-hydrogen) atoms. The molecule has 7 heteroatoms. The van der Waals surface area contributed by atoms with Gasteiger partial charge in [0.25, 0.3) is 0 Å². The fourth-order valence-corrected chi connectivity index (χ4v) is 4.95. The molecule has 6 nitrogen and oxygen atoms in total. The zero-order valence-electron chi connectivity index (χ0n) is 23.7. The lowest BCUT2D eigenvalue weighted by atomic mass is 10.1. The smallest absolute Gasteiger partial charge is 0.224 e. The highest BCUT2D eigenvalue weighted by molar-refractivity contribution is 7.71. The Morgan fingerprint density at radius 2 is 1.56 bits per heavy atom. The number of aromatic amines is 1. The van der Waals surface area contributed by atoms with Crippen molar-refractivity contribution in [1.29, 1.82) is 0 Å². The molecular formula is C32H45N5OS. The highest BCUT2D eigenvalue weighted by atomic mass is 32.1. The molecule has 0 radical (unpaired) electrons. The normalized spacial score (nSPS) is 10.9. The maximum absolute atomic E-state index is 12.9. The number of rotatable bonds is 18. The number of anilines is 2. The summed E-state index contributed by atoms with van der Waals surface area (Å²) in [5.41, 5.74) is 3.19. The summed E-state index contributed by atoms with van der Waals surface area (Å²) in [4.78, 5) is 23.1. The van der Waals surface area contributed by atoms with Crippen LogP contribution < -0.4 is 15.5 Å². The van der Waals surface area contributed by atoms with E-state index in [9.17, 15) is 4.79 Å². The number of unbranched alkanes of at least 4 members (excludes halogenated alkanes) is 4. The van der Waals surface area contributed by atoms with Gasteiger partial charge in [0, 0.05) is 19.5 Å². The number of aryl methyl sites for hydroxylation is 2. The minimum Gasteiger partial charge on any atom is -0.352 e. The summed E-state index contributed by atoms with van der Waals surface area (Å²) in [5, 5.41) is 6.56. The van der Waals surface area contributed by atoms with Gasteiger partial charge < -0.3 is 20.5 Å². The Morgan fingerprint density at radius 1 is 0.897 bits per heavy atom. The second-order valence-corrected chi connectivity index (χ2v) is 10.5. The fraction of sp³-hybridized carbons (Fsp3) is 0.469. The molecule has 3 rings (SSSR count). The zero-order chi connectivity index (χ0) is 27.7. The van der Waals surface area contributed by atoms with Crippen LogP contribution in [0.1, 0.15) is 75.2 Å². The van der Waals surface area contributed by atoms with Crippen LogP contribution >= 0.6 is 12.2 Å². The van der Waals surface area contributed by atoms with Crippen molar-refractivity contribution in [3.05, 3.63) is 82.3 Å². The van der Waals surface area contributed by atoms with Crippen LogP contribution in [0.5, 0.6) is 0 Å². The summed E-state index contributed by atoms with van der Waals surface area (Å²) in [6.45, 7) is 7.52. The van der Waals surface area contributed by atoms with E-state index in [0.29, 0.717) is 16.7 Å². The molecule has 3 N–H and O–H groups in total. The highest BCUT2D eigenvalue weighted by Crippen LogP contribution is 2.27. The number of benzene rings is 2. The molecule has 0 saturated heterocycles. The predicted molar refractivity (Wildman–Crippen MR) is 166 cm³/mol. The van der Waals surface area contributed by atoms with E-state index in [4.69, 9.17) is 12.2 Å². The minimum absolute atomic E-state index is 0.0323. The third kappa shape index (κ3) is 11.3. The third-order valence-corrected chi connectivity index (χ3v) is 7.06. The van der Waals surface area contributed by atoms with Crippen LogP contribution in [0.4, 0.5) is 11.5 Å². The van der Waals surface area contributed by atoms with E-state index in [1.807, 2.05) is 19.1 Å². The number of carbonyl (C=O) groups is 1. The molecular weight excluding hydrogens is 502 g/mol. The van der Waals surface area contributed by atoms with Crippen LogP contribution in [-0.4, -0.2) is 35.5 Å². The molecule has 0 aliphatic heterocycles. The maximum Gasteiger partial charge on any atom is 0.224 e. The molecule has 0 aliphatic carbocycles. The molecule has 1 amide bonds. The molecule has 2 aromatic carbocycles. The Morgan fingerprint density at radius 3 is 2.28 bits per heavy atom. The molecule has 0 aliphatic rings. The van der Waals surface area contributed by atoms with E-state index >= 15 is 0 Å². The average molecular weight is 548 g/mol. The number of hydrogen-bond acceptors (Lipinski definition) is 5. The van der Waals surface area contributed by atoms with Crippen molar-refractivity contribution in [1.82, 2.24) is 15.3 Å². The molecule has 1 aromatic heterocycles. The summed E-state index contributed by atoms with van der Waals surface area (Å²) in [7, 11) is 0. The van der Waals surface area contributed by atoms with E-state index in [0.717, 1.165) is 63.5 Å². The number of aromatic nitrogens is 2. The van der Waals surface area contributed by atoms with Gasteiger partial charge in [0.2, 0.25) is 5.91 Å². The third-order valence-electron chi connectivity index (χ3n) is 6.77. The van der Waals surface area contributed by atoms with E-state index in [-0.39, 0.29) is 5.91 Å². The second kappa shape index (κ2) is 17.5. The Labute approximate surface area is 239 Å². The zero-order valence-corrected chi connectivity index (χ0v) is 24.5. The van der Waals surface area contributed by atoms with Crippen molar-refractivity contribution >= 4 is 29.6 Å². The van der Waals surface area contributed by atoms with Crippen molar-refractivity contribution in [2.45, 2.75) is 78.2 Å². The second-order valence-electron chi connectivity index (χ2n) is 10.2. The first-order chi connectivity index (χ1) is 19.1. The van der Waals surface area contributed by atoms with Gasteiger partial charge in [0.15, 0.2) is 4.64 Å². The monoisotopic (exact) mass is 547 g/mol. The summed E-state index contributed by atoms with van der Waals surface area (Å²) in [6, 6.07) is 21.0. The van der Waals surface area contributed by atoms with E-state index < -0.39 is 0 Å². The minimum atomic E-state index is -0.0323. The van der Waals surface area contributed by atoms with Gasteiger partial charge in [-0.1, -0.05) is 105 Å². The van der Waals surface area contributed by atoms with Crippen molar-refractivity contribution < 1.29 is 4.79 Å². The summed E-state index contributed by atoms with van der Waals surface area (Å²) in [5.74, 6) is 1.56. The molecule has 0 bridgehead atoms. The number of carbonyl (C=O) groups excluding carboxylic acids is 1. The number of amides is 1. The Hall–Kier alpha value is -3.03. The molecule has 0 unspecified atom stereocenters. The summed E-state index contributed by atoms with van der Waals surface area (Å²) in [6.07, 6.45) is 9.35. The molecule has 0 spiro atoms. The quantitative estimate of drug-likeness (QED) is 0.115. The lowest BCUT2D eigenvalue weighted by molar-refractivity contribution is -0.116. The number of nitrogens with zero attached hydrogens (tertiary/aromatic N) is 2. The summed E-state index contributed by atoms with van der Waals surface area (Å²) < 4.78 is 0.428. The molecule has 0 atom stereocenters.